The van der Waals surface area contributed by atoms with Gasteiger partial charge in [0.25, 0.3) is 0 Å². The maximum Gasteiger partial charge on any atom is 0.240 e. The van der Waals surface area contributed by atoms with Crippen LogP contribution in [0.4, 0.5) is 0 Å². The fraction of sp³-hybridized carbons (Fsp3) is 0.273. The standard InChI is InChI=1S/C33H37NO4S/c1-4-33(2,3)29-16-18-30(19-17-29)39(35,36)34-22-21-26-15-20-31(37-24-27-11-7-5-8-12-27)32(23-26)38-25-28-13-9-6-10-14-28/h5-20,23,34H,4,21-22,24-25H2,1-3H3. The van der Waals surface area contributed by atoms with E-state index >= 15 is 0 Å². The number of rotatable bonds is 13. The van der Waals surface area contributed by atoms with Gasteiger partial charge in [-0.15, -0.1) is 0 Å². The Hall–Kier alpha value is -3.61. The molecule has 6 heteroatoms. The number of ether oxygens (including phenoxy) is 2. The Kier molecular flexibility index (Phi) is 9.44. The van der Waals surface area contributed by atoms with Crippen molar-refractivity contribution >= 4 is 10.0 Å². The summed E-state index contributed by atoms with van der Waals surface area (Å²) in [7, 11) is -3.61. The van der Waals surface area contributed by atoms with Crippen molar-refractivity contribution < 1.29 is 17.9 Å². The first-order chi connectivity index (χ1) is 18.8. The van der Waals surface area contributed by atoms with Crippen LogP contribution in [0.3, 0.4) is 0 Å². The maximum absolute atomic E-state index is 12.9. The Bertz CT molecular complexity index is 1430. The molecule has 39 heavy (non-hydrogen) atoms. The molecule has 0 unspecified atom stereocenters. The Labute approximate surface area is 232 Å². The van der Waals surface area contributed by atoms with E-state index in [0.717, 1.165) is 28.7 Å². The van der Waals surface area contributed by atoms with E-state index in [1.165, 1.54) is 0 Å². The third kappa shape index (κ3) is 7.94. The summed E-state index contributed by atoms with van der Waals surface area (Å²) in [6, 6.07) is 32.9. The van der Waals surface area contributed by atoms with Gasteiger partial charge in [0.05, 0.1) is 4.90 Å². The van der Waals surface area contributed by atoms with Crippen LogP contribution in [0.25, 0.3) is 0 Å². The van der Waals surface area contributed by atoms with Crippen LogP contribution < -0.4 is 14.2 Å². The lowest BCUT2D eigenvalue weighted by Crippen LogP contribution is -2.26. The molecule has 0 spiro atoms. The Morgan fingerprint density at radius 1 is 0.692 bits per heavy atom. The smallest absolute Gasteiger partial charge is 0.240 e. The van der Waals surface area contributed by atoms with Crippen molar-refractivity contribution in [3.05, 3.63) is 125 Å². The van der Waals surface area contributed by atoms with Crippen LogP contribution in [0.2, 0.25) is 0 Å². The van der Waals surface area contributed by atoms with Gasteiger partial charge in [-0.1, -0.05) is 99.6 Å². The minimum atomic E-state index is -3.61. The predicted molar refractivity (Wildman–Crippen MR) is 157 cm³/mol. The summed E-state index contributed by atoms with van der Waals surface area (Å²) in [6.07, 6.45) is 1.49. The summed E-state index contributed by atoms with van der Waals surface area (Å²) >= 11 is 0. The first kappa shape index (κ1) is 28.4. The molecule has 4 rings (SSSR count). The number of sulfonamides is 1. The molecule has 0 aliphatic carbocycles. The monoisotopic (exact) mass is 543 g/mol. The fourth-order valence-corrected chi connectivity index (χ4v) is 5.14. The highest BCUT2D eigenvalue weighted by Crippen LogP contribution is 2.31. The van der Waals surface area contributed by atoms with Gasteiger partial charge in [-0.05, 0) is 64.8 Å². The molecule has 204 valence electrons. The number of nitrogens with one attached hydrogen (secondary N) is 1. The molecule has 0 heterocycles. The van der Waals surface area contributed by atoms with E-state index in [1.54, 1.807) is 12.1 Å². The second-order valence-corrected chi connectivity index (χ2v) is 12.0. The third-order valence-corrected chi connectivity index (χ3v) is 8.50. The lowest BCUT2D eigenvalue weighted by Gasteiger charge is -2.23. The van der Waals surface area contributed by atoms with E-state index in [1.807, 2.05) is 91.0 Å². The van der Waals surface area contributed by atoms with E-state index < -0.39 is 10.0 Å². The highest BCUT2D eigenvalue weighted by atomic mass is 32.2. The Morgan fingerprint density at radius 3 is 1.82 bits per heavy atom. The van der Waals surface area contributed by atoms with Gasteiger partial charge in [-0.25, -0.2) is 13.1 Å². The summed E-state index contributed by atoms with van der Waals surface area (Å²) in [6.45, 7) is 7.55. The van der Waals surface area contributed by atoms with Gasteiger partial charge < -0.3 is 9.47 Å². The van der Waals surface area contributed by atoms with Gasteiger partial charge in [0, 0.05) is 6.54 Å². The predicted octanol–water partition coefficient (Wildman–Crippen LogP) is 7.05. The first-order valence-corrected chi connectivity index (χ1v) is 14.8. The lowest BCUT2D eigenvalue weighted by atomic mass is 9.82. The van der Waals surface area contributed by atoms with Gasteiger partial charge in [0.2, 0.25) is 10.0 Å². The number of benzene rings is 4. The molecule has 4 aromatic carbocycles. The van der Waals surface area contributed by atoms with Crippen molar-refractivity contribution in [2.45, 2.75) is 57.1 Å². The van der Waals surface area contributed by atoms with Crippen molar-refractivity contribution in [3.63, 3.8) is 0 Å². The lowest BCUT2D eigenvalue weighted by molar-refractivity contribution is 0.255. The van der Waals surface area contributed by atoms with Crippen LogP contribution in [0, 0.1) is 0 Å². The Balaban J connectivity index is 1.42. The van der Waals surface area contributed by atoms with Crippen LogP contribution >= 0.6 is 0 Å². The third-order valence-electron chi connectivity index (χ3n) is 7.02. The molecule has 0 atom stereocenters. The summed E-state index contributed by atoms with van der Waals surface area (Å²) in [5.74, 6) is 1.28. The first-order valence-electron chi connectivity index (χ1n) is 13.3. The molecular weight excluding hydrogens is 506 g/mol. The van der Waals surface area contributed by atoms with E-state index in [-0.39, 0.29) is 16.9 Å². The maximum atomic E-state index is 12.9. The molecule has 1 N–H and O–H groups in total. The zero-order valence-corrected chi connectivity index (χ0v) is 23.7. The van der Waals surface area contributed by atoms with Gasteiger partial charge in [0.1, 0.15) is 13.2 Å². The summed E-state index contributed by atoms with van der Waals surface area (Å²) < 4.78 is 40.8. The topological polar surface area (TPSA) is 64.6 Å². The molecule has 0 saturated heterocycles. The number of hydrogen-bond donors (Lipinski definition) is 1. The van der Waals surface area contributed by atoms with Gasteiger partial charge in [-0.2, -0.15) is 0 Å². The minimum Gasteiger partial charge on any atom is -0.485 e. The average Bonchev–Trinajstić information content (AvgIpc) is 2.96. The van der Waals surface area contributed by atoms with Crippen LogP contribution in [-0.2, 0) is 35.1 Å². The fourth-order valence-electron chi connectivity index (χ4n) is 4.11. The normalized spacial score (nSPS) is 11.8. The highest BCUT2D eigenvalue weighted by molar-refractivity contribution is 7.89. The van der Waals surface area contributed by atoms with Crippen molar-refractivity contribution in [3.8, 4) is 11.5 Å². The molecule has 5 nitrogen and oxygen atoms in total. The van der Waals surface area contributed by atoms with Crippen LogP contribution in [0.15, 0.2) is 108 Å². The zero-order chi connectivity index (χ0) is 27.7. The minimum absolute atomic E-state index is 0.00693. The molecule has 0 bridgehead atoms. The summed E-state index contributed by atoms with van der Waals surface area (Å²) in [4.78, 5) is 0.273. The zero-order valence-electron chi connectivity index (χ0n) is 22.9. The summed E-state index contributed by atoms with van der Waals surface area (Å²) in [5, 5.41) is 0. The molecule has 0 amide bonds. The average molecular weight is 544 g/mol. The number of hydrogen-bond acceptors (Lipinski definition) is 4. The molecule has 0 saturated carbocycles. The SMILES string of the molecule is CCC(C)(C)c1ccc(S(=O)(=O)NCCc2ccc(OCc3ccccc3)c(OCc3ccccc3)c2)cc1. The molecule has 0 fully saturated rings. The van der Waals surface area contributed by atoms with Crippen LogP contribution in [-0.4, -0.2) is 15.0 Å². The van der Waals surface area contributed by atoms with Crippen LogP contribution in [0.5, 0.6) is 11.5 Å². The van der Waals surface area contributed by atoms with Gasteiger partial charge >= 0.3 is 0 Å². The van der Waals surface area contributed by atoms with Gasteiger partial charge in [-0.3, -0.25) is 0 Å². The Morgan fingerprint density at radius 2 is 1.26 bits per heavy atom. The van der Waals surface area contributed by atoms with Crippen molar-refractivity contribution in [2.75, 3.05) is 6.54 Å². The van der Waals surface area contributed by atoms with Crippen LogP contribution in [0.1, 0.15) is 49.4 Å². The quantitative estimate of drug-likeness (QED) is 0.196. The molecule has 0 aliphatic heterocycles. The van der Waals surface area contributed by atoms with E-state index in [0.29, 0.717) is 31.1 Å². The van der Waals surface area contributed by atoms with Crippen molar-refractivity contribution in [2.24, 2.45) is 0 Å². The molecule has 0 aromatic heterocycles. The molecule has 4 aromatic rings. The molecule has 0 aliphatic rings. The second-order valence-electron chi connectivity index (χ2n) is 10.2. The second kappa shape index (κ2) is 13.0. The van der Waals surface area contributed by atoms with Crippen molar-refractivity contribution in [1.29, 1.82) is 0 Å². The van der Waals surface area contributed by atoms with E-state index in [9.17, 15) is 8.42 Å². The largest absolute Gasteiger partial charge is 0.485 e. The van der Waals surface area contributed by atoms with Crippen molar-refractivity contribution in [1.82, 2.24) is 4.72 Å². The van der Waals surface area contributed by atoms with E-state index in [2.05, 4.69) is 25.5 Å². The highest BCUT2D eigenvalue weighted by Gasteiger charge is 2.20. The molecule has 0 radical (unpaired) electrons. The summed E-state index contributed by atoms with van der Waals surface area (Å²) in [5.41, 5.74) is 4.20. The van der Waals surface area contributed by atoms with E-state index in [4.69, 9.17) is 9.47 Å². The van der Waals surface area contributed by atoms with Gasteiger partial charge in [0.15, 0.2) is 11.5 Å². The molecular formula is C33H37NO4S.